The Kier molecular flexibility index (Phi) is 7.47. The van der Waals surface area contributed by atoms with Crippen molar-refractivity contribution in [1.29, 1.82) is 0 Å². The van der Waals surface area contributed by atoms with E-state index in [0.717, 1.165) is 25.9 Å². The van der Waals surface area contributed by atoms with Gasteiger partial charge in [0.25, 0.3) is 0 Å². The monoisotopic (exact) mass is 305 g/mol. The lowest BCUT2D eigenvalue weighted by atomic mass is 9.96. The first kappa shape index (κ1) is 17.4. The Morgan fingerprint density at radius 3 is 2.40 bits per heavy atom. The molecule has 0 bridgehead atoms. The first-order valence-corrected chi connectivity index (χ1v) is 9.09. The summed E-state index contributed by atoms with van der Waals surface area (Å²) in [5.41, 5.74) is 0. The lowest BCUT2D eigenvalue weighted by molar-refractivity contribution is -0.129. The molecule has 1 heterocycles. The van der Waals surface area contributed by atoms with Crippen LogP contribution in [0.25, 0.3) is 0 Å². The SMILES string of the molecule is CCN(CC)C(=O)CNS(=O)(=O)CCC1CCNCC1. The van der Waals surface area contributed by atoms with E-state index in [1.165, 1.54) is 0 Å². The van der Waals surface area contributed by atoms with Crippen LogP contribution in [0.5, 0.6) is 0 Å². The predicted molar refractivity (Wildman–Crippen MR) is 79.9 cm³/mol. The normalized spacial score (nSPS) is 17.1. The molecule has 0 aromatic heterocycles. The maximum Gasteiger partial charge on any atom is 0.237 e. The summed E-state index contributed by atoms with van der Waals surface area (Å²) in [6.45, 7) is 6.78. The molecule has 1 aliphatic heterocycles. The summed E-state index contributed by atoms with van der Waals surface area (Å²) in [7, 11) is -3.34. The molecule has 1 aliphatic rings. The maximum atomic E-state index is 11.9. The van der Waals surface area contributed by atoms with Crippen LogP contribution in [0.4, 0.5) is 0 Å². The van der Waals surface area contributed by atoms with Gasteiger partial charge in [-0.15, -0.1) is 0 Å². The van der Waals surface area contributed by atoms with Crippen LogP contribution in [0.1, 0.15) is 33.1 Å². The molecule has 1 amide bonds. The summed E-state index contributed by atoms with van der Waals surface area (Å²) < 4.78 is 26.2. The van der Waals surface area contributed by atoms with Gasteiger partial charge >= 0.3 is 0 Å². The largest absolute Gasteiger partial charge is 0.342 e. The molecule has 0 spiro atoms. The highest BCUT2D eigenvalue weighted by Crippen LogP contribution is 2.16. The number of amides is 1. The summed E-state index contributed by atoms with van der Waals surface area (Å²) in [6.07, 6.45) is 2.75. The highest BCUT2D eigenvalue weighted by atomic mass is 32.2. The van der Waals surface area contributed by atoms with E-state index >= 15 is 0 Å². The Bertz CT molecular complexity index is 388. The number of nitrogens with zero attached hydrogens (tertiary/aromatic N) is 1. The number of piperidine rings is 1. The van der Waals surface area contributed by atoms with Crippen LogP contribution in [-0.2, 0) is 14.8 Å². The van der Waals surface area contributed by atoms with E-state index in [2.05, 4.69) is 10.0 Å². The minimum atomic E-state index is -3.34. The average Bonchev–Trinajstić information content (AvgIpc) is 2.46. The second-order valence-corrected chi connectivity index (χ2v) is 7.11. The lowest BCUT2D eigenvalue weighted by Crippen LogP contribution is -2.41. The van der Waals surface area contributed by atoms with E-state index in [1.807, 2.05) is 13.8 Å². The van der Waals surface area contributed by atoms with Gasteiger partial charge in [0.1, 0.15) is 0 Å². The Morgan fingerprint density at radius 2 is 1.85 bits per heavy atom. The first-order chi connectivity index (χ1) is 9.48. The van der Waals surface area contributed by atoms with Gasteiger partial charge < -0.3 is 10.2 Å². The second kappa shape index (κ2) is 8.59. The van der Waals surface area contributed by atoms with Crippen LogP contribution in [0.3, 0.4) is 0 Å². The summed E-state index contributed by atoms with van der Waals surface area (Å²) in [5.74, 6) is 0.426. The van der Waals surface area contributed by atoms with E-state index in [4.69, 9.17) is 0 Å². The van der Waals surface area contributed by atoms with Crippen molar-refractivity contribution in [2.45, 2.75) is 33.1 Å². The zero-order valence-corrected chi connectivity index (χ0v) is 13.3. The van der Waals surface area contributed by atoms with E-state index in [9.17, 15) is 13.2 Å². The fourth-order valence-electron chi connectivity index (χ4n) is 2.42. The number of carbonyl (C=O) groups excluding carboxylic acids is 1. The molecule has 2 N–H and O–H groups in total. The molecule has 0 aromatic carbocycles. The number of nitrogens with one attached hydrogen (secondary N) is 2. The highest BCUT2D eigenvalue weighted by molar-refractivity contribution is 7.89. The fraction of sp³-hybridized carbons (Fsp3) is 0.923. The van der Waals surface area contributed by atoms with Gasteiger partial charge in [0.05, 0.1) is 12.3 Å². The van der Waals surface area contributed by atoms with Crippen LogP contribution in [0.2, 0.25) is 0 Å². The quantitative estimate of drug-likeness (QED) is 0.670. The third-order valence-corrected chi connectivity index (χ3v) is 5.17. The van der Waals surface area contributed by atoms with E-state index < -0.39 is 10.0 Å². The van der Waals surface area contributed by atoms with Crippen molar-refractivity contribution < 1.29 is 13.2 Å². The first-order valence-electron chi connectivity index (χ1n) is 7.44. The zero-order chi connectivity index (χ0) is 15.0. The molecule has 0 aliphatic carbocycles. The summed E-state index contributed by atoms with van der Waals surface area (Å²) in [5, 5.41) is 3.26. The van der Waals surface area contributed by atoms with Gasteiger partial charge in [-0.2, -0.15) is 0 Å². The van der Waals surface area contributed by atoms with E-state index in [-0.39, 0.29) is 18.2 Å². The maximum absolute atomic E-state index is 11.9. The molecule has 20 heavy (non-hydrogen) atoms. The lowest BCUT2D eigenvalue weighted by Gasteiger charge is -2.22. The Hall–Kier alpha value is -0.660. The minimum Gasteiger partial charge on any atom is -0.342 e. The van der Waals surface area contributed by atoms with Crippen molar-refractivity contribution >= 4 is 15.9 Å². The van der Waals surface area contributed by atoms with Crippen molar-refractivity contribution in [2.75, 3.05) is 38.5 Å². The summed E-state index contributed by atoms with van der Waals surface area (Å²) >= 11 is 0. The molecule has 0 saturated carbocycles. The number of hydrogen-bond donors (Lipinski definition) is 2. The van der Waals surface area contributed by atoms with Gasteiger partial charge in [-0.25, -0.2) is 13.1 Å². The Labute approximate surface area is 122 Å². The molecule has 0 unspecified atom stereocenters. The molecular formula is C13H27N3O3S. The van der Waals surface area contributed by atoms with Crippen molar-refractivity contribution in [1.82, 2.24) is 14.9 Å². The Morgan fingerprint density at radius 1 is 1.25 bits per heavy atom. The molecule has 1 fully saturated rings. The molecule has 0 radical (unpaired) electrons. The topological polar surface area (TPSA) is 78.5 Å². The van der Waals surface area contributed by atoms with Gasteiger partial charge in [-0.3, -0.25) is 4.79 Å². The van der Waals surface area contributed by atoms with Crippen LogP contribution in [0, 0.1) is 5.92 Å². The van der Waals surface area contributed by atoms with E-state index in [1.54, 1.807) is 4.90 Å². The van der Waals surface area contributed by atoms with Crippen LogP contribution in [-0.4, -0.2) is 57.7 Å². The summed E-state index contributed by atoms with van der Waals surface area (Å²) in [6, 6.07) is 0. The standard InChI is InChI=1S/C13H27N3O3S/c1-3-16(4-2)13(17)11-15-20(18,19)10-7-12-5-8-14-9-6-12/h12,14-15H,3-11H2,1-2H3. The molecule has 0 aromatic rings. The molecule has 6 nitrogen and oxygen atoms in total. The fourth-order valence-corrected chi connectivity index (χ4v) is 3.56. The molecule has 1 saturated heterocycles. The third-order valence-electron chi connectivity index (χ3n) is 3.81. The van der Waals surface area contributed by atoms with Gasteiger partial charge in [0.15, 0.2) is 0 Å². The van der Waals surface area contributed by atoms with Gasteiger partial charge in [0.2, 0.25) is 15.9 Å². The van der Waals surface area contributed by atoms with Crippen molar-refractivity contribution in [2.24, 2.45) is 5.92 Å². The summed E-state index contributed by atoms with van der Waals surface area (Å²) in [4.78, 5) is 13.4. The van der Waals surface area contributed by atoms with Gasteiger partial charge in [-0.05, 0) is 52.1 Å². The van der Waals surface area contributed by atoms with Gasteiger partial charge in [-0.1, -0.05) is 0 Å². The van der Waals surface area contributed by atoms with Crippen LogP contribution in [0.15, 0.2) is 0 Å². The van der Waals surface area contributed by atoms with Crippen molar-refractivity contribution in [3.8, 4) is 0 Å². The van der Waals surface area contributed by atoms with E-state index in [0.29, 0.717) is 25.4 Å². The van der Waals surface area contributed by atoms with Gasteiger partial charge in [0, 0.05) is 13.1 Å². The molecule has 118 valence electrons. The average molecular weight is 305 g/mol. The number of sulfonamides is 1. The highest BCUT2D eigenvalue weighted by Gasteiger charge is 2.19. The van der Waals surface area contributed by atoms with Crippen LogP contribution >= 0.6 is 0 Å². The van der Waals surface area contributed by atoms with Crippen LogP contribution < -0.4 is 10.0 Å². The smallest absolute Gasteiger partial charge is 0.237 e. The third kappa shape index (κ3) is 6.19. The minimum absolute atomic E-state index is 0.114. The molecule has 1 rings (SSSR count). The number of carbonyl (C=O) groups is 1. The Balaban J connectivity index is 2.31. The predicted octanol–water partition coefficient (Wildman–Crippen LogP) is 0.164. The van der Waals surface area contributed by atoms with Crippen molar-refractivity contribution in [3.63, 3.8) is 0 Å². The second-order valence-electron chi connectivity index (χ2n) is 5.19. The molecule has 7 heteroatoms. The zero-order valence-electron chi connectivity index (χ0n) is 12.5. The molecule has 0 atom stereocenters. The number of likely N-dealkylation sites (N-methyl/N-ethyl adjacent to an activating group) is 1. The van der Waals surface area contributed by atoms with Crippen molar-refractivity contribution in [3.05, 3.63) is 0 Å². The molecular weight excluding hydrogens is 278 g/mol. The number of hydrogen-bond acceptors (Lipinski definition) is 4. The number of rotatable bonds is 8.